The van der Waals surface area contributed by atoms with E-state index in [1.165, 1.54) is 0 Å². The lowest BCUT2D eigenvalue weighted by Gasteiger charge is -2.43. The van der Waals surface area contributed by atoms with Gasteiger partial charge in [0, 0.05) is 0 Å². The van der Waals surface area contributed by atoms with Gasteiger partial charge in [-0.1, -0.05) is 30.3 Å². The van der Waals surface area contributed by atoms with Crippen LogP contribution in [0.25, 0.3) is 5.32 Å². The topological polar surface area (TPSA) is 113 Å². The first kappa shape index (κ1) is 16.3. The molecule has 1 saturated heterocycles. The summed E-state index contributed by atoms with van der Waals surface area (Å²) in [4.78, 5) is 0. The molecule has 1 aliphatic rings. The molecule has 0 bridgehead atoms. The van der Waals surface area contributed by atoms with Gasteiger partial charge in [0.1, 0.15) is 24.4 Å². The van der Waals surface area contributed by atoms with Crippen molar-refractivity contribution in [2.75, 3.05) is 13.7 Å². The molecule has 1 heterocycles. The van der Waals surface area contributed by atoms with Crippen LogP contribution in [0, 0.1) is 0 Å². The molecule has 118 valence electrons. The number of aliphatic hydroxyl groups excluding tert-OH is 4. The fourth-order valence-electron chi connectivity index (χ4n) is 2.21. The molecular weight excluding hydrogens is 278 g/mol. The predicted octanol–water partition coefficient (Wildman–Crippen LogP) is -0.495. The zero-order valence-corrected chi connectivity index (χ0v) is 11.6. The van der Waals surface area contributed by atoms with Gasteiger partial charge in [0.25, 0.3) is 0 Å². The largest absolute Gasteiger partial charge is 0.635 e. The Balaban J connectivity index is 2.09. The number of ether oxygens (including phenoxy) is 2. The van der Waals surface area contributed by atoms with Crippen molar-refractivity contribution in [3.63, 3.8) is 0 Å². The standard InChI is InChI=1S/C14H20NO6/c1-15-13(8-5-3-2-4-6-8)21-14-12(19)11(18)10(17)9(7-16)20-14/h2-6,9-14,16-19H,7H2,1H3/q-1/t9-,10-,11+,12-,13-,14+/m1/s1. The molecular formula is C14H20NO6-. The van der Waals surface area contributed by atoms with E-state index in [4.69, 9.17) is 14.6 Å². The van der Waals surface area contributed by atoms with E-state index in [1.807, 2.05) is 30.3 Å². The van der Waals surface area contributed by atoms with Crippen molar-refractivity contribution in [1.29, 1.82) is 0 Å². The number of rotatable bonds is 5. The number of benzene rings is 1. The molecule has 7 nitrogen and oxygen atoms in total. The maximum Gasteiger partial charge on any atom is 0.185 e. The summed E-state index contributed by atoms with van der Waals surface area (Å²) in [6, 6.07) is 9.11. The van der Waals surface area contributed by atoms with Gasteiger partial charge in [0.05, 0.1) is 6.61 Å². The molecule has 1 aromatic rings. The van der Waals surface area contributed by atoms with Crippen LogP contribution in [-0.4, -0.2) is 64.8 Å². The quantitative estimate of drug-likeness (QED) is 0.583. The van der Waals surface area contributed by atoms with E-state index in [1.54, 1.807) is 7.05 Å². The number of hydrogen-bond donors (Lipinski definition) is 4. The highest BCUT2D eigenvalue weighted by Crippen LogP contribution is 2.29. The second kappa shape index (κ2) is 7.28. The van der Waals surface area contributed by atoms with Crippen LogP contribution in [0.4, 0.5) is 0 Å². The fourth-order valence-corrected chi connectivity index (χ4v) is 2.21. The van der Waals surface area contributed by atoms with Gasteiger partial charge in [-0.25, -0.2) is 0 Å². The average molecular weight is 298 g/mol. The molecule has 1 aromatic carbocycles. The van der Waals surface area contributed by atoms with Crippen molar-refractivity contribution < 1.29 is 29.9 Å². The van der Waals surface area contributed by atoms with Crippen molar-refractivity contribution in [3.8, 4) is 0 Å². The molecule has 1 aliphatic heterocycles. The molecule has 7 heteroatoms. The summed E-state index contributed by atoms with van der Waals surface area (Å²) >= 11 is 0. The highest BCUT2D eigenvalue weighted by Gasteiger charge is 2.44. The lowest BCUT2D eigenvalue weighted by molar-refractivity contribution is -0.309. The number of aliphatic hydroxyl groups is 4. The van der Waals surface area contributed by atoms with E-state index in [0.717, 1.165) is 5.56 Å². The Morgan fingerprint density at radius 2 is 1.81 bits per heavy atom. The molecule has 0 radical (unpaired) electrons. The van der Waals surface area contributed by atoms with E-state index in [-0.39, 0.29) is 0 Å². The minimum Gasteiger partial charge on any atom is -0.635 e. The van der Waals surface area contributed by atoms with Crippen molar-refractivity contribution in [2.45, 2.75) is 36.9 Å². The minimum absolute atomic E-state index is 0.496. The molecule has 0 aliphatic carbocycles. The Labute approximate surface area is 122 Å². The van der Waals surface area contributed by atoms with Gasteiger partial charge in [0.15, 0.2) is 6.29 Å². The van der Waals surface area contributed by atoms with Crippen LogP contribution < -0.4 is 0 Å². The van der Waals surface area contributed by atoms with Crippen LogP contribution in [0.2, 0.25) is 0 Å². The summed E-state index contributed by atoms with van der Waals surface area (Å²) in [6.07, 6.45) is -7.19. The van der Waals surface area contributed by atoms with Crippen molar-refractivity contribution in [1.82, 2.24) is 0 Å². The molecule has 1 fully saturated rings. The Bertz CT molecular complexity index is 429. The van der Waals surface area contributed by atoms with E-state index in [0.29, 0.717) is 0 Å². The van der Waals surface area contributed by atoms with E-state index in [9.17, 15) is 15.3 Å². The summed E-state index contributed by atoms with van der Waals surface area (Å²) < 4.78 is 10.9. The third kappa shape index (κ3) is 3.58. The van der Waals surface area contributed by atoms with Gasteiger partial charge >= 0.3 is 0 Å². The molecule has 21 heavy (non-hydrogen) atoms. The first-order valence-electron chi connectivity index (χ1n) is 6.68. The second-order valence-electron chi connectivity index (χ2n) is 4.85. The second-order valence-corrected chi connectivity index (χ2v) is 4.85. The molecule has 0 saturated carbocycles. The lowest BCUT2D eigenvalue weighted by Crippen LogP contribution is -2.59. The van der Waals surface area contributed by atoms with Gasteiger partial charge in [-0.2, -0.15) is 7.05 Å². The summed E-state index contributed by atoms with van der Waals surface area (Å²) in [5.41, 5.74) is 0.761. The van der Waals surface area contributed by atoms with Crippen LogP contribution in [-0.2, 0) is 9.47 Å². The molecule has 0 aromatic heterocycles. The van der Waals surface area contributed by atoms with E-state index >= 15 is 0 Å². The zero-order chi connectivity index (χ0) is 15.4. The first-order chi connectivity index (χ1) is 10.1. The smallest absolute Gasteiger partial charge is 0.185 e. The highest BCUT2D eigenvalue weighted by atomic mass is 16.7. The number of hydrogen-bond acceptors (Lipinski definition) is 6. The summed E-state index contributed by atoms with van der Waals surface area (Å²) in [6.45, 7) is -0.496. The van der Waals surface area contributed by atoms with Crippen LogP contribution >= 0.6 is 0 Å². The monoisotopic (exact) mass is 298 g/mol. The van der Waals surface area contributed by atoms with Gasteiger partial charge in [0.2, 0.25) is 0 Å². The third-order valence-electron chi connectivity index (χ3n) is 3.43. The first-order valence-corrected chi connectivity index (χ1v) is 6.68. The molecule has 4 N–H and O–H groups in total. The Hall–Kier alpha value is -1.06. The van der Waals surface area contributed by atoms with Gasteiger partial charge in [-0.05, 0) is 11.8 Å². The van der Waals surface area contributed by atoms with Crippen molar-refractivity contribution in [3.05, 3.63) is 41.2 Å². The van der Waals surface area contributed by atoms with Crippen LogP contribution in [0.5, 0.6) is 0 Å². The SMILES string of the molecule is C[N-][C@H](O[C@@H]1O[C@H](CO)[C@@H](O)[C@H](O)[C@H]1O)c1ccccc1. The molecule has 0 amide bonds. The van der Waals surface area contributed by atoms with Gasteiger partial charge < -0.3 is 35.2 Å². The average Bonchev–Trinajstić information content (AvgIpc) is 2.53. The molecule has 0 unspecified atom stereocenters. The van der Waals surface area contributed by atoms with E-state index < -0.39 is 43.5 Å². The molecule has 0 spiro atoms. The normalized spacial score (nSPS) is 34.6. The lowest BCUT2D eigenvalue weighted by atomic mass is 9.99. The van der Waals surface area contributed by atoms with E-state index in [2.05, 4.69) is 5.32 Å². The minimum atomic E-state index is -1.46. The Kier molecular flexibility index (Phi) is 5.65. The van der Waals surface area contributed by atoms with Crippen molar-refractivity contribution >= 4 is 0 Å². The highest BCUT2D eigenvalue weighted by molar-refractivity contribution is 5.20. The summed E-state index contributed by atoms with van der Waals surface area (Å²) in [7, 11) is 1.56. The molecule has 6 atom stereocenters. The van der Waals surface area contributed by atoms with Gasteiger partial charge in [-0.3, -0.25) is 0 Å². The van der Waals surface area contributed by atoms with Crippen LogP contribution in [0.15, 0.2) is 30.3 Å². The summed E-state index contributed by atoms with van der Waals surface area (Å²) in [5, 5.41) is 42.6. The van der Waals surface area contributed by atoms with Crippen LogP contribution in [0.3, 0.4) is 0 Å². The zero-order valence-electron chi connectivity index (χ0n) is 11.6. The Morgan fingerprint density at radius 3 is 2.38 bits per heavy atom. The predicted molar refractivity (Wildman–Crippen MR) is 73.3 cm³/mol. The van der Waals surface area contributed by atoms with Gasteiger partial charge in [-0.15, -0.1) is 0 Å². The Morgan fingerprint density at radius 1 is 1.14 bits per heavy atom. The maximum atomic E-state index is 9.93. The number of nitrogens with zero attached hydrogens (tertiary/aromatic N) is 1. The van der Waals surface area contributed by atoms with Crippen molar-refractivity contribution in [2.24, 2.45) is 0 Å². The maximum absolute atomic E-state index is 9.93. The third-order valence-corrected chi connectivity index (χ3v) is 3.43. The molecule has 2 rings (SSSR count). The summed E-state index contributed by atoms with van der Waals surface area (Å²) in [5.74, 6) is 0. The fraction of sp³-hybridized carbons (Fsp3) is 0.571. The van der Waals surface area contributed by atoms with Crippen LogP contribution in [0.1, 0.15) is 11.8 Å².